The SMILES string of the molecule is CC1CCC(C(C)C)C(Oc2cc(Cl)nc3ncnn23)C1. The van der Waals surface area contributed by atoms with E-state index in [1.165, 1.54) is 19.2 Å². The van der Waals surface area contributed by atoms with Crippen LogP contribution in [0.25, 0.3) is 5.78 Å². The van der Waals surface area contributed by atoms with Crippen LogP contribution in [0.5, 0.6) is 5.88 Å². The predicted molar refractivity (Wildman–Crippen MR) is 81.6 cm³/mol. The Hall–Kier alpha value is -1.36. The third-order valence-electron chi connectivity index (χ3n) is 4.42. The van der Waals surface area contributed by atoms with E-state index < -0.39 is 0 Å². The third kappa shape index (κ3) is 2.98. The lowest BCUT2D eigenvalue weighted by Gasteiger charge is -2.37. The molecule has 1 saturated carbocycles. The highest BCUT2D eigenvalue weighted by Crippen LogP contribution is 2.36. The van der Waals surface area contributed by atoms with Crippen molar-refractivity contribution in [3.05, 3.63) is 17.5 Å². The highest BCUT2D eigenvalue weighted by molar-refractivity contribution is 6.29. The minimum atomic E-state index is 0.194. The van der Waals surface area contributed by atoms with E-state index in [4.69, 9.17) is 16.3 Å². The lowest BCUT2D eigenvalue weighted by molar-refractivity contribution is 0.0408. The number of hydrogen-bond acceptors (Lipinski definition) is 4. The normalized spacial score (nSPS) is 26.4. The molecule has 0 saturated heterocycles. The Balaban J connectivity index is 1.90. The van der Waals surface area contributed by atoms with E-state index in [9.17, 15) is 0 Å². The van der Waals surface area contributed by atoms with Crippen molar-refractivity contribution in [1.82, 2.24) is 19.6 Å². The zero-order chi connectivity index (χ0) is 15.0. The fourth-order valence-corrected chi connectivity index (χ4v) is 3.42. The molecule has 6 heteroatoms. The fourth-order valence-electron chi connectivity index (χ4n) is 3.25. The molecule has 114 valence electrons. The average molecular weight is 309 g/mol. The maximum absolute atomic E-state index is 6.29. The van der Waals surface area contributed by atoms with Crippen molar-refractivity contribution in [1.29, 1.82) is 0 Å². The van der Waals surface area contributed by atoms with Crippen LogP contribution in [-0.4, -0.2) is 25.7 Å². The van der Waals surface area contributed by atoms with Crippen LogP contribution in [0, 0.1) is 17.8 Å². The Bertz CT molecular complexity index is 627. The van der Waals surface area contributed by atoms with Crippen molar-refractivity contribution in [2.45, 2.75) is 46.1 Å². The van der Waals surface area contributed by atoms with Gasteiger partial charge in [-0.05, 0) is 30.6 Å². The van der Waals surface area contributed by atoms with Gasteiger partial charge in [0, 0.05) is 6.07 Å². The summed E-state index contributed by atoms with van der Waals surface area (Å²) in [5.74, 6) is 2.96. The topological polar surface area (TPSA) is 52.3 Å². The Morgan fingerprint density at radius 2 is 2.19 bits per heavy atom. The molecule has 0 radical (unpaired) electrons. The molecule has 3 rings (SSSR count). The maximum atomic E-state index is 6.29. The van der Waals surface area contributed by atoms with Gasteiger partial charge in [-0.15, -0.1) is 0 Å². The van der Waals surface area contributed by atoms with Crippen molar-refractivity contribution < 1.29 is 4.74 Å². The van der Waals surface area contributed by atoms with Gasteiger partial charge in [0.1, 0.15) is 17.6 Å². The number of halogens is 1. The van der Waals surface area contributed by atoms with Gasteiger partial charge in [0.2, 0.25) is 5.88 Å². The molecule has 2 heterocycles. The molecule has 0 bridgehead atoms. The van der Waals surface area contributed by atoms with Crippen molar-refractivity contribution >= 4 is 17.4 Å². The van der Waals surface area contributed by atoms with Gasteiger partial charge in [-0.2, -0.15) is 19.6 Å². The van der Waals surface area contributed by atoms with Crippen LogP contribution in [0.2, 0.25) is 5.15 Å². The zero-order valence-electron chi connectivity index (χ0n) is 12.7. The first-order valence-corrected chi connectivity index (χ1v) is 7.95. The predicted octanol–water partition coefficient (Wildman–Crippen LogP) is 3.62. The smallest absolute Gasteiger partial charge is 0.256 e. The third-order valence-corrected chi connectivity index (χ3v) is 4.61. The Morgan fingerprint density at radius 1 is 1.38 bits per heavy atom. The quantitative estimate of drug-likeness (QED) is 0.813. The summed E-state index contributed by atoms with van der Waals surface area (Å²) in [5, 5.41) is 4.56. The highest BCUT2D eigenvalue weighted by Gasteiger charge is 2.32. The van der Waals surface area contributed by atoms with E-state index in [0.717, 1.165) is 6.42 Å². The van der Waals surface area contributed by atoms with Crippen LogP contribution in [0.3, 0.4) is 0 Å². The van der Waals surface area contributed by atoms with Gasteiger partial charge in [-0.3, -0.25) is 0 Å². The van der Waals surface area contributed by atoms with Crippen molar-refractivity contribution in [3.8, 4) is 5.88 Å². The second kappa shape index (κ2) is 5.79. The average Bonchev–Trinajstić information content (AvgIpc) is 2.86. The van der Waals surface area contributed by atoms with Crippen LogP contribution < -0.4 is 4.74 Å². The minimum Gasteiger partial charge on any atom is -0.474 e. The highest BCUT2D eigenvalue weighted by atomic mass is 35.5. The van der Waals surface area contributed by atoms with Crippen LogP contribution in [0.15, 0.2) is 12.4 Å². The first-order chi connectivity index (χ1) is 10.0. The largest absolute Gasteiger partial charge is 0.474 e. The number of ether oxygens (including phenoxy) is 1. The van der Waals surface area contributed by atoms with E-state index in [1.807, 2.05) is 0 Å². The van der Waals surface area contributed by atoms with Crippen LogP contribution in [-0.2, 0) is 0 Å². The van der Waals surface area contributed by atoms with Crippen LogP contribution in [0.1, 0.15) is 40.0 Å². The second-order valence-corrected chi connectivity index (χ2v) is 6.76. The van der Waals surface area contributed by atoms with E-state index in [2.05, 4.69) is 35.8 Å². The number of nitrogens with zero attached hydrogens (tertiary/aromatic N) is 4. The molecule has 1 fully saturated rings. The standard InChI is InChI=1S/C15H21ClN4O/c1-9(2)11-5-4-10(3)6-12(11)21-14-7-13(16)19-15-17-8-18-20(14)15/h7-12H,4-6H2,1-3H3. The molecule has 2 aromatic rings. The van der Waals surface area contributed by atoms with Crippen LogP contribution >= 0.6 is 11.6 Å². The molecule has 21 heavy (non-hydrogen) atoms. The molecule has 1 aliphatic carbocycles. The fraction of sp³-hybridized carbons (Fsp3) is 0.667. The monoisotopic (exact) mass is 308 g/mol. The molecule has 0 amide bonds. The van der Waals surface area contributed by atoms with Gasteiger partial charge in [-0.1, -0.05) is 38.8 Å². The summed E-state index contributed by atoms with van der Waals surface area (Å²) in [6.07, 6.45) is 5.22. The summed E-state index contributed by atoms with van der Waals surface area (Å²) in [5.41, 5.74) is 0. The van der Waals surface area contributed by atoms with Gasteiger partial charge in [0.15, 0.2) is 0 Å². The van der Waals surface area contributed by atoms with Crippen molar-refractivity contribution in [2.24, 2.45) is 17.8 Å². The molecule has 2 aromatic heterocycles. The van der Waals surface area contributed by atoms with E-state index in [0.29, 0.717) is 34.6 Å². The molecule has 0 spiro atoms. The Kier molecular flexibility index (Phi) is 4.02. The van der Waals surface area contributed by atoms with Gasteiger partial charge >= 0.3 is 0 Å². The number of hydrogen-bond donors (Lipinski definition) is 0. The lowest BCUT2D eigenvalue weighted by atomic mass is 9.75. The maximum Gasteiger partial charge on any atom is 0.256 e. The molecule has 0 N–H and O–H groups in total. The number of fused-ring (bicyclic) bond motifs is 1. The molecule has 5 nitrogen and oxygen atoms in total. The molecule has 0 aromatic carbocycles. The lowest BCUT2D eigenvalue weighted by Crippen LogP contribution is -2.36. The van der Waals surface area contributed by atoms with Gasteiger partial charge < -0.3 is 4.74 Å². The number of aromatic nitrogens is 4. The summed E-state index contributed by atoms with van der Waals surface area (Å²) in [4.78, 5) is 8.21. The second-order valence-electron chi connectivity index (χ2n) is 6.37. The van der Waals surface area contributed by atoms with Crippen molar-refractivity contribution in [2.75, 3.05) is 0 Å². The summed E-state index contributed by atoms with van der Waals surface area (Å²) in [7, 11) is 0. The molecular formula is C15H21ClN4O. The van der Waals surface area contributed by atoms with Gasteiger partial charge in [0.05, 0.1) is 0 Å². The summed E-state index contributed by atoms with van der Waals surface area (Å²) in [6.45, 7) is 6.82. The number of rotatable bonds is 3. The van der Waals surface area contributed by atoms with Crippen molar-refractivity contribution in [3.63, 3.8) is 0 Å². The molecular weight excluding hydrogens is 288 g/mol. The summed E-state index contributed by atoms with van der Waals surface area (Å²) < 4.78 is 7.90. The molecule has 1 aliphatic rings. The van der Waals surface area contributed by atoms with Gasteiger partial charge in [-0.25, -0.2) is 0 Å². The first kappa shape index (κ1) is 14.6. The van der Waals surface area contributed by atoms with E-state index in [1.54, 1.807) is 10.6 Å². The Labute approximate surface area is 129 Å². The zero-order valence-corrected chi connectivity index (χ0v) is 13.4. The molecule has 0 aliphatic heterocycles. The van der Waals surface area contributed by atoms with E-state index >= 15 is 0 Å². The first-order valence-electron chi connectivity index (χ1n) is 7.57. The summed E-state index contributed by atoms with van der Waals surface area (Å²) >= 11 is 6.05. The Morgan fingerprint density at radius 3 is 2.95 bits per heavy atom. The summed E-state index contributed by atoms with van der Waals surface area (Å²) in [6, 6.07) is 1.72. The van der Waals surface area contributed by atoms with E-state index in [-0.39, 0.29) is 6.10 Å². The molecule has 3 atom stereocenters. The minimum absolute atomic E-state index is 0.194. The van der Waals surface area contributed by atoms with Gasteiger partial charge in [0.25, 0.3) is 5.78 Å². The molecule has 3 unspecified atom stereocenters. The van der Waals surface area contributed by atoms with Crippen LogP contribution in [0.4, 0.5) is 0 Å².